The van der Waals surface area contributed by atoms with E-state index in [-0.39, 0.29) is 60.7 Å². The van der Waals surface area contributed by atoms with Gasteiger partial charge < -0.3 is 59.9 Å². The fourth-order valence-electron chi connectivity index (χ4n) is 7.37. The number of carboxylic acids is 1. The summed E-state index contributed by atoms with van der Waals surface area (Å²) in [6, 6.07) is 6.07. The monoisotopic (exact) mass is 1010 g/mol. The van der Waals surface area contributed by atoms with Gasteiger partial charge in [-0.2, -0.15) is 0 Å². The zero-order valence-corrected chi connectivity index (χ0v) is 44.1. The Labute approximate surface area is 423 Å². The lowest BCUT2D eigenvalue weighted by Crippen LogP contribution is -2.49. The largest absolute Gasteiger partial charge is 0.514 e. The molecular formula is C52H78N6O14. The van der Waals surface area contributed by atoms with Gasteiger partial charge in [0.15, 0.2) is 0 Å². The zero-order valence-electron chi connectivity index (χ0n) is 44.1. The van der Waals surface area contributed by atoms with Gasteiger partial charge in [-0.25, -0.2) is 19.2 Å². The van der Waals surface area contributed by atoms with E-state index >= 15 is 0 Å². The third kappa shape index (κ3) is 21.8. The van der Waals surface area contributed by atoms with Crippen molar-refractivity contribution >= 4 is 47.9 Å². The number of fused-ring (bicyclic) bond motifs is 5. The predicted molar refractivity (Wildman–Crippen MR) is 268 cm³/mol. The fourth-order valence-corrected chi connectivity index (χ4v) is 7.37. The third-order valence-corrected chi connectivity index (χ3v) is 10.8. The molecule has 5 N–H and O–H groups in total. The third-order valence-electron chi connectivity index (χ3n) is 10.8. The Morgan fingerprint density at radius 1 is 0.750 bits per heavy atom. The van der Waals surface area contributed by atoms with Crippen LogP contribution in [0.1, 0.15) is 144 Å². The van der Waals surface area contributed by atoms with E-state index in [0.717, 1.165) is 37.0 Å². The number of ether oxygens (including phenoxy) is 5. The molecule has 1 aliphatic heterocycles. The molecular weight excluding hydrogens is 933 g/mol. The van der Waals surface area contributed by atoms with Crippen molar-refractivity contribution in [1.29, 1.82) is 0 Å². The van der Waals surface area contributed by atoms with E-state index in [1.54, 1.807) is 62.3 Å². The van der Waals surface area contributed by atoms with Crippen LogP contribution in [0, 0.1) is 0 Å². The smallest absolute Gasteiger partial charge is 0.491 e. The standard InChI is InChI=1S/C52H78N6O14/c1-12-13-14-15-16-17-18-19-26-58(48(66)71-51(5,6)7)27-24-41(59)54-33-43(61)57(11)44-35-21-23-39(68-28-25-53-47(65)70-50(2,3)4)37(31-35)36-29-34(20-22-40(36)69-49(67)72-52(8,9)10)30-38(46(63)64)56-42(60)32-55-45(44)62/h20-23,29,31,38,44H,12-19,24-28,30,32-33H2,1-11H3,(H,53,65)(H,54,59)(H,55,62)(H,56,60)(H,63,64). The Kier molecular flexibility index (Phi) is 23.1. The number of nitrogens with one attached hydrogen (secondary N) is 4. The van der Waals surface area contributed by atoms with Crippen LogP contribution in [-0.2, 0) is 44.6 Å². The molecule has 2 aromatic rings. The van der Waals surface area contributed by atoms with E-state index < -0.39 is 89.9 Å². The van der Waals surface area contributed by atoms with Crippen LogP contribution < -0.4 is 30.7 Å². The molecule has 6 amide bonds. The molecule has 0 aliphatic carbocycles. The molecule has 3 rings (SSSR count). The van der Waals surface area contributed by atoms with Crippen LogP contribution >= 0.6 is 0 Å². The topological polar surface area (TPSA) is 258 Å². The van der Waals surface area contributed by atoms with Crippen molar-refractivity contribution in [1.82, 2.24) is 31.1 Å². The minimum absolute atomic E-state index is 0.0102. The number of carbonyl (C=O) groups excluding carboxylic acids is 7. The number of hydrogen-bond donors (Lipinski definition) is 5. The van der Waals surface area contributed by atoms with Crippen molar-refractivity contribution in [3.05, 3.63) is 47.5 Å². The lowest BCUT2D eigenvalue weighted by atomic mass is 9.94. The molecule has 20 nitrogen and oxygen atoms in total. The number of carboxylic acid groups (broad SMARTS) is 1. The van der Waals surface area contributed by atoms with Crippen molar-refractivity contribution in [2.75, 3.05) is 46.4 Å². The van der Waals surface area contributed by atoms with Gasteiger partial charge in [0.1, 0.15) is 47.0 Å². The molecule has 20 heteroatoms. The van der Waals surface area contributed by atoms with Crippen LogP contribution in [0.3, 0.4) is 0 Å². The maximum absolute atomic E-state index is 14.2. The SMILES string of the molecule is CCCCCCCCCCN(CCC(=O)NCC(=O)N(C)C1C(=O)NCC(=O)NC(C(=O)O)Cc2ccc(OC(=O)OC(C)(C)C)c(c2)-c2cc1ccc2OCCNC(=O)OC(C)(C)C)C(=O)OC(C)(C)C. The Morgan fingerprint density at radius 2 is 1.36 bits per heavy atom. The second-order valence-electron chi connectivity index (χ2n) is 20.7. The molecule has 0 spiro atoms. The molecule has 2 atom stereocenters. The molecule has 4 bridgehead atoms. The van der Waals surface area contributed by atoms with E-state index in [2.05, 4.69) is 28.2 Å². The summed E-state index contributed by atoms with van der Waals surface area (Å²) in [6.07, 6.45) is 5.86. The normalized spacial score (nSPS) is 15.1. The first-order valence-corrected chi connectivity index (χ1v) is 24.7. The molecule has 0 saturated heterocycles. The minimum Gasteiger partial charge on any atom is -0.491 e. The van der Waals surface area contributed by atoms with E-state index in [1.165, 1.54) is 67.6 Å². The van der Waals surface area contributed by atoms with E-state index in [1.807, 2.05) is 0 Å². The first kappa shape index (κ1) is 59.7. The summed E-state index contributed by atoms with van der Waals surface area (Å²) in [5, 5.41) is 20.3. The molecule has 0 saturated carbocycles. The highest BCUT2D eigenvalue weighted by Gasteiger charge is 2.32. The highest BCUT2D eigenvalue weighted by Crippen LogP contribution is 2.40. The van der Waals surface area contributed by atoms with Crippen LogP contribution in [0.4, 0.5) is 14.4 Å². The van der Waals surface area contributed by atoms with Crippen LogP contribution in [0.2, 0.25) is 0 Å². The Bertz CT molecular complexity index is 2190. The fraction of sp³-hybridized carbons (Fsp3) is 0.615. The molecule has 1 heterocycles. The van der Waals surface area contributed by atoms with Gasteiger partial charge in [0.05, 0.1) is 19.6 Å². The first-order valence-electron chi connectivity index (χ1n) is 24.7. The van der Waals surface area contributed by atoms with Gasteiger partial charge in [0.2, 0.25) is 23.6 Å². The average molecular weight is 1010 g/mol. The van der Waals surface area contributed by atoms with Gasteiger partial charge in [0.25, 0.3) is 0 Å². The van der Waals surface area contributed by atoms with E-state index in [0.29, 0.717) is 12.1 Å². The second-order valence-corrected chi connectivity index (χ2v) is 20.7. The average Bonchev–Trinajstić information content (AvgIpc) is 3.26. The number of hydrogen-bond acceptors (Lipinski definition) is 13. The first-order chi connectivity index (χ1) is 33.7. The summed E-state index contributed by atoms with van der Waals surface area (Å²) in [5.41, 5.74) is -1.50. The molecule has 400 valence electrons. The van der Waals surface area contributed by atoms with E-state index in [4.69, 9.17) is 23.7 Å². The molecule has 0 fully saturated rings. The lowest BCUT2D eigenvalue weighted by Gasteiger charge is -2.29. The van der Waals surface area contributed by atoms with Gasteiger partial charge >= 0.3 is 24.3 Å². The summed E-state index contributed by atoms with van der Waals surface area (Å²) in [7, 11) is 1.33. The summed E-state index contributed by atoms with van der Waals surface area (Å²) in [6.45, 7) is 16.7. The van der Waals surface area contributed by atoms with Crippen LogP contribution in [0.5, 0.6) is 11.5 Å². The summed E-state index contributed by atoms with van der Waals surface area (Å²) < 4.78 is 28.3. The molecule has 0 aromatic heterocycles. The summed E-state index contributed by atoms with van der Waals surface area (Å²) >= 11 is 0. The van der Waals surface area contributed by atoms with E-state index in [9.17, 15) is 43.5 Å². The number of unbranched alkanes of at least 4 members (excludes halogenated alkanes) is 7. The van der Waals surface area contributed by atoms with Gasteiger partial charge in [-0.3, -0.25) is 19.2 Å². The number of nitrogens with zero attached hydrogens (tertiary/aromatic N) is 2. The van der Waals surface area contributed by atoms with Crippen molar-refractivity contribution in [2.24, 2.45) is 0 Å². The summed E-state index contributed by atoms with van der Waals surface area (Å²) in [4.78, 5) is 108. The number of amides is 6. The molecule has 0 radical (unpaired) electrons. The highest BCUT2D eigenvalue weighted by atomic mass is 16.7. The van der Waals surface area contributed by atoms with Crippen molar-refractivity contribution in [3.8, 4) is 22.6 Å². The molecule has 72 heavy (non-hydrogen) atoms. The van der Waals surface area contributed by atoms with Gasteiger partial charge in [-0.1, -0.05) is 64.0 Å². The Balaban J connectivity index is 2.00. The molecule has 2 unspecified atom stereocenters. The number of carbonyl (C=O) groups is 8. The quantitative estimate of drug-likeness (QED) is 0.0359. The van der Waals surface area contributed by atoms with Crippen LogP contribution in [-0.4, -0.2) is 132 Å². The van der Waals surface area contributed by atoms with Crippen molar-refractivity contribution in [2.45, 2.75) is 162 Å². The van der Waals surface area contributed by atoms with Gasteiger partial charge in [-0.05, 0) is 104 Å². The summed E-state index contributed by atoms with van der Waals surface area (Å²) in [5.74, 6) is -4.18. The maximum atomic E-state index is 14.2. The Hall–Kier alpha value is -6.60. The van der Waals surface area contributed by atoms with Crippen molar-refractivity contribution in [3.63, 3.8) is 0 Å². The number of benzene rings is 2. The zero-order chi connectivity index (χ0) is 53.8. The number of aliphatic carboxylic acids is 1. The number of alkyl carbamates (subject to hydrolysis) is 1. The maximum Gasteiger partial charge on any atom is 0.514 e. The Morgan fingerprint density at radius 3 is 1.99 bits per heavy atom. The second kappa shape index (κ2) is 27.9. The number of likely N-dealkylation sites (N-methyl/N-ethyl adjacent to an activating group) is 1. The number of rotatable bonds is 21. The molecule has 2 aromatic carbocycles. The lowest BCUT2D eigenvalue weighted by molar-refractivity contribution is -0.142. The van der Waals surface area contributed by atoms with Crippen molar-refractivity contribution < 1.29 is 67.1 Å². The van der Waals surface area contributed by atoms with Crippen LogP contribution in [0.15, 0.2) is 36.4 Å². The van der Waals surface area contributed by atoms with Gasteiger partial charge in [0, 0.05) is 44.1 Å². The van der Waals surface area contributed by atoms with Gasteiger partial charge in [-0.15, -0.1) is 0 Å². The minimum atomic E-state index is -1.48. The highest BCUT2D eigenvalue weighted by molar-refractivity contribution is 5.94. The van der Waals surface area contributed by atoms with Crippen LogP contribution in [0.25, 0.3) is 11.1 Å². The predicted octanol–water partition coefficient (Wildman–Crippen LogP) is 7.20. The molecule has 1 aliphatic rings.